The van der Waals surface area contributed by atoms with Crippen LogP contribution in [0, 0.1) is 0 Å². The van der Waals surface area contributed by atoms with Crippen LogP contribution in [0.3, 0.4) is 0 Å². The Morgan fingerprint density at radius 3 is 1.17 bits per heavy atom. The summed E-state index contributed by atoms with van der Waals surface area (Å²) in [5.74, 6) is 0. The second-order valence-electron chi connectivity index (χ2n) is 6.05. The third kappa shape index (κ3) is 3.01. The Kier molecular flexibility index (Phi) is 5.59. The number of hydrogen-bond donors (Lipinski definition) is 0. The molecule has 122 valence electrons. The fraction of sp³-hybridized carbons (Fsp3) is 0.143. The molecule has 1 aliphatic rings. The molecule has 24 heavy (non-hydrogen) atoms. The zero-order valence-corrected chi connectivity index (χ0v) is 17.3. The maximum atomic E-state index is 3.90. The highest BCUT2D eigenvalue weighted by atomic mass is 79.9. The minimum Gasteiger partial charge on any atom is -1.00 e. The maximum absolute atomic E-state index is 3.90. The van der Waals surface area contributed by atoms with E-state index in [4.69, 9.17) is 0 Å². The molecule has 0 spiro atoms. The van der Waals surface area contributed by atoms with Gasteiger partial charge < -0.3 is 17.0 Å². The zero-order valence-electron chi connectivity index (χ0n) is 13.2. The largest absolute Gasteiger partial charge is 1.00 e. The summed E-state index contributed by atoms with van der Waals surface area (Å²) in [6.07, 6.45) is 1.26. The van der Waals surface area contributed by atoms with Crippen molar-refractivity contribution < 1.29 is 17.0 Å². The van der Waals surface area contributed by atoms with Crippen LogP contribution in [0.15, 0.2) is 91.0 Å². The van der Waals surface area contributed by atoms with Crippen molar-refractivity contribution in [3.05, 3.63) is 91.0 Å². The summed E-state index contributed by atoms with van der Waals surface area (Å²) in [6, 6.07) is 33.4. The zero-order chi connectivity index (χ0) is 15.7. The summed E-state index contributed by atoms with van der Waals surface area (Å²) < 4.78 is 0. The first-order chi connectivity index (χ1) is 11.3. The molecule has 2 atom stereocenters. The minimum atomic E-state index is -1.62. The molecular weight excluding hydrogens is 443 g/mol. The molecule has 3 heteroatoms. The highest BCUT2D eigenvalue weighted by Crippen LogP contribution is 2.69. The van der Waals surface area contributed by atoms with Crippen molar-refractivity contribution in [3.63, 3.8) is 0 Å². The van der Waals surface area contributed by atoms with Gasteiger partial charge in [-0.3, -0.25) is 0 Å². The van der Waals surface area contributed by atoms with Gasteiger partial charge in [-0.25, -0.2) is 0 Å². The molecule has 0 heterocycles. The van der Waals surface area contributed by atoms with Crippen molar-refractivity contribution in [2.24, 2.45) is 0 Å². The molecule has 1 fully saturated rings. The second-order valence-corrected chi connectivity index (χ2v) is 10.9. The Labute approximate surface area is 163 Å². The average Bonchev–Trinajstić information content (AvgIpc) is 3.35. The van der Waals surface area contributed by atoms with Crippen LogP contribution in [0.4, 0.5) is 0 Å². The lowest BCUT2D eigenvalue weighted by molar-refractivity contribution is -0.00000426. The van der Waals surface area contributed by atoms with Crippen molar-refractivity contribution in [1.29, 1.82) is 0 Å². The maximum Gasteiger partial charge on any atom is 0.116 e. The van der Waals surface area contributed by atoms with Crippen molar-refractivity contribution in [1.82, 2.24) is 0 Å². The van der Waals surface area contributed by atoms with E-state index in [-0.39, 0.29) is 17.0 Å². The predicted octanol–water partition coefficient (Wildman–Crippen LogP) is 1.52. The lowest BCUT2D eigenvalue weighted by Crippen LogP contribution is -3.00. The average molecular weight is 462 g/mol. The molecule has 0 amide bonds. The summed E-state index contributed by atoms with van der Waals surface area (Å²) in [5, 5.41) is 4.47. The summed E-state index contributed by atoms with van der Waals surface area (Å²) in [7, 11) is -1.62. The molecule has 0 nitrogen and oxygen atoms in total. The number of benzene rings is 3. The van der Waals surface area contributed by atoms with Crippen LogP contribution in [0.5, 0.6) is 0 Å². The smallest absolute Gasteiger partial charge is 0.116 e. The lowest BCUT2D eigenvalue weighted by atomic mass is 10.4. The van der Waals surface area contributed by atoms with Crippen LogP contribution in [0.25, 0.3) is 0 Å². The van der Waals surface area contributed by atoms with Crippen LogP contribution < -0.4 is 32.9 Å². The van der Waals surface area contributed by atoms with Crippen molar-refractivity contribution in [2.45, 2.75) is 16.9 Å². The fourth-order valence-corrected chi connectivity index (χ4v) is 10.3. The quantitative estimate of drug-likeness (QED) is 0.408. The Bertz CT molecular complexity index is 678. The predicted molar refractivity (Wildman–Crippen MR) is 106 cm³/mol. The minimum absolute atomic E-state index is 0. The van der Waals surface area contributed by atoms with Gasteiger partial charge in [0.2, 0.25) is 0 Å². The lowest BCUT2D eigenvalue weighted by Gasteiger charge is -2.27. The number of alkyl halides is 1. The van der Waals surface area contributed by atoms with E-state index >= 15 is 0 Å². The third-order valence-electron chi connectivity index (χ3n) is 4.67. The van der Waals surface area contributed by atoms with Gasteiger partial charge in [-0.1, -0.05) is 70.5 Å². The normalized spacial score (nSPS) is 19.4. The molecule has 1 aliphatic carbocycles. The van der Waals surface area contributed by atoms with Gasteiger partial charge in [0.15, 0.2) is 0 Å². The summed E-state index contributed by atoms with van der Waals surface area (Å²) in [6.45, 7) is 0. The molecule has 0 radical (unpaired) electrons. The van der Waals surface area contributed by atoms with E-state index < -0.39 is 7.26 Å². The van der Waals surface area contributed by atoms with Gasteiger partial charge >= 0.3 is 0 Å². The van der Waals surface area contributed by atoms with Gasteiger partial charge in [0, 0.05) is 6.42 Å². The molecule has 1 saturated carbocycles. The van der Waals surface area contributed by atoms with E-state index in [0.717, 1.165) is 0 Å². The summed E-state index contributed by atoms with van der Waals surface area (Å²) >= 11 is 3.90. The summed E-state index contributed by atoms with van der Waals surface area (Å²) in [5.41, 5.74) is 0.690. The van der Waals surface area contributed by atoms with E-state index in [0.29, 0.717) is 10.5 Å². The van der Waals surface area contributed by atoms with Crippen molar-refractivity contribution in [3.8, 4) is 0 Å². The topological polar surface area (TPSA) is 0 Å². The van der Waals surface area contributed by atoms with E-state index in [9.17, 15) is 0 Å². The van der Waals surface area contributed by atoms with E-state index in [1.54, 1.807) is 0 Å². The fourth-order valence-electron chi connectivity index (χ4n) is 3.56. The van der Waals surface area contributed by atoms with Gasteiger partial charge in [-0.05, 0) is 36.4 Å². The summed E-state index contributed by atoms with van der Waals surface area (Å²) in [4.78, 5) is 0.622. The van der Waals surface area contributed by atoms with Gasteiger partial charge in [0.25, 0.3) is 0 Å². The molecule has 2 unspecified atom stereocenters. The first-order valence-electron chi connectivity index (χ1n) is 8.03. The Hall–Kier alpha value is -0.950. The van der Waals surface area contributed by atoms with E-state index in [1.165, 1.54) is 22.3 Å². The molecule has 4 rings (SSSR count). The van der Waals surface area contributed by atoms with Crippen LogP contribution in [-0.4, -0.2) is 10.5 Å². The van der Waals surface area contributed by atoms with E-state index in [1.807, 2.05) is 0 Å². The third-order valence-corrected chi connectivity index (χ3v) is 11.0. The molecule has 3 aromatic rings. The molecule has 3 aromatic carbocycles. The second kappa shape index (κ2) is 7.52. The van der Waals surface area contributed by atoms with Gasteiger partial charge in [-0.15, -0.1) is 0 Å². The molecule has 0 saturated heterocycles. The van der Waals surface area contributed by atoms with Gasteiger partial charge in [-0.2, -0.15) is 0 Å². The number of rotatable bonds is 4. The molecular formula is C21H19Br2P. The first kappa shape index (κ1) is 17.9. The molecule has 0 bridgehead atoms. The van der Waals surface area contributed by atoms with Gasteiger partial charge in [0.1, 0.15) is 23.2 Å². The Morgan fingerprint density at radius 1 is 0.625 bits per heavy atom. The van der Waals surface area contributed by atoms with Crippen LogP contribution in [0.2, 0.25) is 0 Å². The van der Waals surface area contributed by atoms with Crippen molar-refractivity contribution in [2.75, 3.05) is 0 Å². The van der Waals surface area contributed by atoms with Crippen molar-refractivity contribution >= 4 is 39.1 Å². The highest BCUT2D eigenvalue weighted by molar-refractivity contribution is 9.09. The Balaban J connectivity index is 0.00000169. The van der Waals surface area contributed by atoms with Crippen LogP contribution >= 0.6 is 23.2 Å². The highest BCUT2D eigenvalue weighted by Gasteiger charge is 2.62. The Morgan fingerprint density at radius 2 is 0.917 bits per heavy atom. The standard InChI is InChI=1S/C21H19BrP.BrH/c22-20-16-21(20)23(17-10-4-1-5-11-17,18-12-6-2-7-13-18)19-14-8-3-9-15-19;/h1-15,20-21H,16H2;1H/q+1;/p-1. The van der Waals surface area contributed by atoms with E-state index in [2.05, 4.69) is 107 Å². The first-order valence-corrected chi connectivity index (χ1v) is 10.8. The SMILES string of the molecule is BrC1CC1[P+](c1ccccc1)(c1ccccc1)c1ccccc1.[Br-]. The number of hydrogen-bond acceptors (Lipinski definition) is 0. The molecule has 0 N–H and O–H groups in total. The van der Waals surface area contributed by atoms with Crippen LogP contribution in [-0.2, 0) is 0 Å². The number of halogens is 2. The molecule has 0 aromatic heterocycles. The van der Waals surface area contributed by atoms with Crippen LogP contribution in [0.1, 0.15) is 6.42 Å². The van der Waals surface area contributed by atoms with Gasteiger partial charge in [0.05, 0.1) is 10.5 Å². The monoisotopic (exact) mass is 460 g/mol. The molecule has 0 aliphatic heterocycles.